The highest BCUT2D eigenvalue weighted by Gasteiger charge is 2.25. The first-order valence-corrected chi connectivity index (χ1v) is 10.0. The van der Waals surface area contributed by atoms with E-state index in [0.29, 0.717) is 29.6 Å². The van der Waals surface area contributed by atoms with Crippen LogP contribution in [0.15, 0.2) is 18.2 Å². The second kappa shape index (κ2) is 9.53. The van der Waals surface area contributed by atoms with Crippen LogP contribution in [0.3, 0.4) is 0 Å². The number of benzene rings is 1. The van der Waals surface area contributed by atoms with E-state index in [0.717, 1.165) is 50.9 Å². The number of ether oxygens (including phenoxy) is 1. The second-order valence-electron chi connectivity index (χ2n) is 7.44. The summed E-state index contributed by atoms with van der Waals surface area (Å²) in [5.41, 5.74) is 1.45. The van der Waals surface area contributed by atoms with Crippen LogP contribution in [0.25, 0.3) is 0 Å². The van der Waals surface area contributed by atoms with Crippen molar-refractivity contribution < 1.29 is 14.3 Å². The van der Waals surface area contributed by atoms with Crippen molar-refractivity contribution in [2.75, 3.05) is 33.3 Å². The van der Waals surface area contributed by atoms with Crippen molar-refractivity contribution in [2.45, 2.75) is 38.3 Å². The number of carbonyl (C=O) groups is 2. The average Bonchev–Trinajstić information content (AvgIpc) is 3.22. The standard InChI is InChI=1S/C20H28ClN3O3/c1-27-20(26)15-6-7-17(21)16(10-15)13-24-9-3-4-14(12-24)11-23-19(25)18-5-2-8-22-18/h6-7,10,14,18,22H,2-5,8-9,11-13H2,1H3,(H,23,25). The van der Waals surface area contributed by atoms with Crippen molar-refractivity contribution in [1.82, 2.24) is 15.5 Å². The first-order valence-electron chi connectivity index (χ1n) is 9.67. The van der Waals surface area contributed by atoms with Crippen LogP contribution in [-0.2, 0) is 16.1 Å². The fourth-order valence-electron chi connectivity index (χ4n) is 3.92. The molecule has 6 nitrogen and oxygen atoms in total. The quantitative estimate of drug-likeness (QED) is 0.725. The summed E-state index contributed by atoms with van der Waals surface area (Å²) in [6.07, 6.45) is 4.21. The van der Waals surface area contributed by atoms with Crippen LogP contribution in [0.1, 0.15) is 41.6 Å². The number of piperidine rings is 1. The summed E-state index contributed by atoms with van der Waals surface area (Å²) in [6, 6.07) is 5.22. The highest BCUT2D eigenvalue weighted by atomic mass is 35.5. The first kappa shape index (κ1) is 20.1. The van der Waals surface area contributed by atoms with Gasteiger partial charge in [0.05, 0.1) is 18.7 Å². The average molecular weight is 394 g/mol. The Bertz CT molecular complexity index is 676. The van der Waals surface area contributed by atoms with Crippen molar-refractivity contribution >= 4 is 23.5 Å². The summed E-state index contributed by atoms with van der Waals surface area (Å²) in [5.74, 6) is 0.206. The topological polar surface area (TPSA) is 70.7 Å². The van der Waals surface area contributed by atoms with E-state index in [9.17, 15) is 9.59 Å². The highest BCUT2D eigenvalue weighted by molar-refractivity contribution is 6.31. The van der Waals surface area contributed by atoms with E-state index in [1.165, 1.54) is 7.11 Å². The number of hydrogen-bond acceptors (Lipinski definition) is 5. The highest BCUT2D eigenvalue weighted by Crippen LogP contribution is 2.23. The number of hydrogen-bond donors (Lipinski definition) is 2. The lowest BCUT2D eigenvalue weighted by atomic mass is 9.97. The fourth-order valence-corrected chi connectivity index (χ4v) is 4.10. The number of carbonyl (C=O) groups excluding carboxylic acids is 2. The zero-order chi connectivity index (χ0) is 19.2. The van der Waals surface area contributed by atoms with Gasteiger partial charge in [-0.05, 0) is 68.5 Å². The summed E-state index contributed by atoms with van der Waals surface area (Å²) in [7, 11) is 1.38. The summed E-state index contributed by atoms with van der Waals surface area (Å²) in [5, 5.41) is 7.00. The first-order chi connectivity index (χ1) is 13.1. The van der Waals surface area contributed by atoms with Crippen LogP contribution in [0.5, 0.6) is 0 Å². The normalized spacial score (nSPS) is 23.2. The van der Waals surface area contributed by atoms with Crippen LogP contribution >= 0.6 is 11.6 Å². The minimum atomic E-state index is -0.354. The van der Waals surface area contributed by atoms with Gasteiger partial charge >= 0.3 is 5.97 Å². The number of nitrogens with zero attached hydrogens (tertiary/aromatic N) is 1. The summed E-state index contributed by atoms with van der Waals surface area (Å²) in [6.45, 7) is 4.24. The van der Waals surface area contributed by atoms with Gasteiger partial charge in [0.25, 0.3) is 0 Å². The molecule has 0 bridgehead atoms. The number of methoxy groups -OCH3 is 1. The molecule has 0 aromatic heterocycles. The lowest BCUT2D eigenvalue weighted by molar-refractivity contribution is -0.123. The third kappa shape index (κ3) is 5.43. The number of esters is 1. The Kier molecular flexibility index (Phi) is 7.10. The predicted molar refractivity (Wildman–Crippen MR) is 105 cm³/mol. The van der Waals surface area contributed by atoms with Crippen molar-refractivity contribution in [3.05, 3.63) is 34.3 Å². The summed E-state index contributed by atoms with van der Waals surface area (Å²) < 4.78 is 4.79. The molecule has 0 aliphatic carbocycles. The molecule has 0 radical (unpaired) electrons. The molecule has 27 heavy (non-hydrogen) atoms. The van der Waals surface area contributed by atoms with Crippen molar-refractivity contribution in [2.24, 2.45) is 5.92 Å². The molecule has 2 saturated heterocycles. The molecule has 2 atom stereocenters. The van der Waals surface area contributed by atoms with E-state index in [4.69, 9.17) is 16.3 Å². The van der Waals surface area contributed by atoms with E-state index in [1.54, 1.807) is 12.1 Å². The SMILES string of the molecule is COC(=O)c1ccc(Cl)c(CN2CCCC(CNC(=O)C3CCCN3)C2)c1. The molecule has 3 rings (SSSR count). The van der Waals surface area contributed by atoms with Gasteiger partial charge in [0, 0.05) is 24.7 Å². The molecule has 2 unspecified atom stereocenters. The lowest BCUT2D eigenvalue weighted by Crippen LogP contribution is -2.45. The van der Waals surface area contributed by atoms with Crippen LogP contribution < -0.4 is 10.6 Å². The maximum Gasteiger partial charge on any atom is 0.337 e. The molecule has 2 heterocycles. The van der Waals surface area contributed by atoms with Gasteiger partial charge in [-0.2, -0.15) is 0 Å². The molecular formula is C20H28ClN3O3. The Balaban J connectivity index is 1.53. The molecule has 1 amide bonds. The largest absolute Gasteiger partial charge is 0.465 e. The molecule has 0 saturated carbocycles. The molecule has 1 aromatic carbocycles. The van der Waals surface area contributed by atoms with Gasteiger partial charge < -0.3 is 15.4 Å². The molecule has 7 heteroatoms. The van der Waals surface area contributed by atoms with Crippen LogP contribution in [0.4, 0.5) is 0 Å². The number of amides is 1. The molecule has 1 aromatic rings. The van der Waals surface area contributed by atoms with E-state index < -0.39 is 0 Å². The van der Waals surface area contributed by atoms with Gasteiger partial charge in [0.15, 0.2) is 0 Å². The fraction of sp³-hybridized carbons (Fsp3) is 0.600. The molecule has 0 spiro atoms. The Morgan fingerprint density at radius 2 is 2.19 bits per heavy atom. The lowest BCUT2D eigenvalue weighted by Gasteiger charge is -2.33. The van der Waals surface area contributed by atoms with E-state index in [-0.39, 0.29) is 17.9 Å². The zero-order valence-electron chi connectivity index (χ0n) is 15.8. The van der Waals surface area contributed by atoms with Crippen LogP contribution in [0.2, 0.25) is 5.02 Å². The molecule has 2 aliphatic rings. The molecule has 2 N–H and O–H groups in total. The molecule has 148 valence electrons. The van der Waals surface area contributed by atoms with Crippen LogP contribution in [0, 0.1) is 5.92 Å². The molecular weight excluding hydrogens is 366 g/mol. The summed E-state index contributed by atoms with van der Waals surface area (Å²) >= 11 is 6.33. The number of rotatable bonds is 6. The van der Waals surface area contributed by atoms with Crippen LogP contribution in [-0.4, -0.2) is 56.1 Å². The monoisotopic (exact) mass is 393 g/mol. The maximum absolute atomic E-state index is 12.2. The minimum Gasteiger partial charge on any atom is -0.465 e. The summed E-state index contributed by atoms with van der Waals surface area (Å²) in [4.78, 5) is 26.3. The zero-order valence-corrected chi connectivity index (χ0v) is 16.6. The van der Waals surface area contributed by atoms with Gasteiger partial charge in [-0.25, -0.2) is 4.79 Å². The number of likely N-dealkylation sites (tertiary alicyclic amines) is 1. The van der Waals surface area contributed by atoms with E-state index in [1.807, 2.05) is 6.07 Å². The third-order valence-electron chi connectivity index (χ3n) is 5.41. The Hall–Kier alpha value is -1.63. The Morgan fingerprint density at radius 3 is 2.93 bits per heavy atom. The van der Waals surface area contributed by atoms with Gasteiger partial charge in [0.2, 0.25) is 5.91 Å². The van der Waals surface area contributed by atoms with Crippen molar-refractivity contribution in [1.29, 1.82) is 0 Å². The van der Waals surface area contributed by atoms with Gasteiger partial charge in [-0.1, -0.05) is 11.6 Å². The van der Waals surface area contributed by atoms with Gasteiger partial charge in [-0.15, -0.1) is 0 Å². The number of nitrogens with one attached hydrogen (secondary N) is 2. The predicted octanol–water partition coefficient (Wildman–Crippen LogP) is 2.21. The Morgan fingerprint density at radius 1 is 1.33 bits per heavy atom. The van der Waals surface area contributed by atoms with Gasteiger partial charge in [-0.3, -0.25) is 9.69 Å². The molecule has 2 aliphatic heterocycles. The Labute approximate surface area is 165 Å². The molecule has 2 fully saturated rings. The van der Waals surface area contributed by atoms with Crippen molar-refractivity contribution in [3.63, 3.8) is 0 Å². The maximum atomic E-state index is 12.2. The van der Waals surface area contributed by atoms with Gasteiger partial charge in [0.1, 0.15) is 0 Å². The second-order valence-corrected chi connectivity index (χ2v) is 7.84. The smallest absolute Gasteiger partial charge is 0.337 e. The van der Waals surface area contributed by atoms with E-state index >= 15 is 0 Å². The third-order valence-corrected chi connectivity index (χ3v) is 5.77. The number of halogens is 1. The minimum absolute atomic E-state index is 0.0236. The van der Waals surface area contributed by atoms with E-state index in [2.05, 4.69) is 15.5 Å². The van der Waals surface area contributed by atoms with Crippen molar-refractivity contribution in [3.8, 4) is 0 Å².